The topological polar surface area (TPSA) is 114 Å². The fourth-order valence-electron chi connectivity index (χ4n) is 4.91. The lowest BCUT2D eigenvalue weighted by Gasteiger charge is -2.32. The Kier molecular flexibility index (Phi) is 8.02. The molecule has 2 aromatic carbocycles. The maximum Gasteiger partial charge on any atom is 0.407 e. The number of aliphatic carboxylic acids is 1. The van der Waals surface area contributed by atoms with Crippen molar-refractivity contribution in [2.24, 2.45) is 11.8 Å². The van der Waals surface area contributed by atoms with Gasteiger partial charge in [0.05, 0.1) is 13.0 Å². The standard InChI is InChI=1S/C27H32N2O6/c1-17(26(32)29-24-11-13-34-15-18(24)14-25(30)31)10-12-28-27(33)35-16-23-21-8-4-2-6-19(21)20-7-3-5-9-22(20)23/h2-9,17-18,23-24H,10-16H2,1H3,(H,28,33)(H,29,32)(H,30,31). The molecule has 4 rings (SSSR count). The first kappa shape index (κ1) is 24.7. The number of carbonyl (C=O) groups is 3. The molecule has 1 saturated heterocycles. The van der Waals surface area contributed by atoms with E-state index in [1.54, 1.807) is 6.92 Å². The van der Waals surface area contributed by atoms with Gasteiger partial charge in [0.25, 0.3) is 0 Å². The second-order valence-corrected chi connectivity index (χ2v) is 9.28. The molecule has 1 heterocycles. The van der Waals surface area contributed by atoms with E-state index in [1.807, 2.05) is 24.3 Å². The number of amides is 2. The molecule has 0 saturated carbocycles. The molecule has 3 N–H and O–H groups in total. The third kappa shape index (κ3) is 6.00. The Hall–Kier alpha value is -3.39. The highest BCUT2D eigenvalue weighted by molar-refractivity contribution is 5.80. The molecule has 0 radical (unpaired) electrons. The van der Waals surface area contributed by atoms with E-state index in [-0.39, 0.29) is 42.7 Å². The van der Waals surface area contributed by atoms with Gasteiger partial charge in [0.1, 0.15) is 6.61 Å². The Morgan fingerprint density at radius 3 is 2.40 bits per heavy atom. The summed E-state index contributed by atoms with van der Waals surface area (Å²) in [6.45, 7) is 3.16. The lowest BCUT2D eigenvalue weighted by Crippen LogP contribution is -2.48. The van der Waals surface area contributed by atoms with E-state index in [1.165, 1.54) is 11.1 Å². The zero-order valence-corrected chi connectivity index (χ0v) is 19.9. The van der Waals surface area contributed by atoms with Crippen LogP contribution in [0.4, 0.5) is 4.79 Å². The first-order valence-electron chi connectivity index (χ1n) is 12.1. The second-order valence-electron chi connectivity index (χ2n) is 9.28. The van der Waals surface area contributed by atoms with E-state index < -0.39 is 12.1 Å². The molecule has 1 aliphatic carbocycles. The molecule has 1 fully saturated rings. The van der Waals surface area contributed by atoms with Gasteiger partial charge in [0.2, 0.25) is 5.91 Å². The van der Waals surface area contributed by atoms with Gasteiger partial charge in [-0.25, -0.2) is 4.79 Å². The third-order valence-corrected chi connectivity index (χ3v) is 6.88. The Labute approximate surface area is 205 Å². The number of carboxylic acid groups (broad SMARTS) is 1. The van der Waals surface area contributed by atoms with E-state index in [9.17, 15) is 14.4 Å². The zero-order chi connectivity index (χ0) is 24.8. The minimum atomic E-state index is -0.903. The van der Waals surface area contributed by atoms with E-state index >= 15 is 0 Å². The molecule has 2 amide bonds. The van der Waals surface area contributed by atoms with Gasteiger partial charge in [0.15, 0.2) is 0 Å². The Bertz CT molecular complexity index is 1030. The van der Waals surface area contributed by atoms with Crippen LogP contribution in [0, 0.1) is 11.8 Å². The fourth-order valence-corrected chi connectivity index (χ4v) is 4.91. The maximum atomic E-state index is 12.6. The van der Waals surface area contributed by atoms with E-state index in [0.717, 1.165) is 11.1 Å². The summed E-state index contributed by atoms with van der Waals surface area (Å²) in [5.41, 5.74) is 4.65. The molecule has 8 nitrogen and oxygen atoms in total. The van der Waals surface area contributed by atoms with E-state index in [0.29, 0.717) is 32.6 Å². The monoisotopic (exact) mass is 480 g/mol. The van der Waals surface area contributed by atoms with Gasteiger partial charge < -0.3 is 25.2 Å². The minimum Gasteiger partial charge on any atom is -0.481 e. The van der Waals surface area contributed by atoms with Crippen LogP contribution in [0.2, 0.25) is 0 Å². The molecule has 186 valence electrons. The van der Waals surface area contributed by atoms with Crippen molar-refractivity contribution in [2.45, 2.75) is 38.1 Å². The van der Waals surface area contributed by atoms with Crippen LogP contribution in [-0.2, 0) is 19.1 Å². The number of rotatable bonds is 9. The summed E-state index contributed by atoms with van der Waals surface area (Å²) in [6, 6.07) is 16.1. The SMILES string of the molecule is CC(CCNC(=O)OCC1c2ccccc2-c2ccccc21)C(=O)NC1CCOCC1CC(=O)O. The average molecular weight is 481 g/mol. The van der Waals surface area contributed by atoms with Gasteiger partial charge in [-0.15, -0.1) is 0 Å². The van der Waals surface area contributed by atoms with Crippen LogP contribution in [-0.4, -0.2) is 55.5 Å². The summed E-state index contributed by atoms with van der Waals surface area (Å²) >= 11 is 0. The number of ether oxygens (including phenoxy) is 2. The molecule has 35 heavy (non-hydrogen) atoms. The summed E-state index contributed by atoms with van der Waals surface area (Å²) in [4.78, 5) is 36.0. The van der Waals surface area contributed by atoms with Crippen molar-refractivity contribution in [3.63, 3.8) is 0 Å². The largest absolute Gasteiger partial charge is 0.481 e. The normalized spacial score (nSPS) is 19.8. The van der Waals surface area contributed by atoms with Gasteiger partial charge in [-0.1, -0.05) is 55.5 Å². The maximum absolute atomic E-state index is 12.6. The number of carbonyl (C=O) groups excluding carboxylic acids is 2. The van der Waals surface area contributed by atoms with Gasteiger partial charge in [-0.3, -0.25) is 9.59 Å². The lowest BCUT2D eigenvalue weighted by molar-refractivity contribution is -0.140. The molecular formula is C27H32N2O6. The summed E-state index contributed by atoms with van der Waals surface area (Å²) in [6.07, 6.45) is 0.491. The molecule has 1 aliphatic heterocycles. The van der Waals surface area contributed by atoms with Crippen molar-refractivity contribution >= 4 is 18.0 Å². The van der Waals surface area contributed by atoms with Crippen LogP contribution in [0.3, 0.4) is 0 Å². The van der Waals surface area contributed by atoms with E-state index in [2.05, 4.69) is 34.9 Å². The van der Waals surface area contributed by atoms with Crippen molar-refractivity contribution in [1.29, 1.82) is 0 Å². The van der Waals surface area contributed by atoms with Crippen LogP contribution in [0.1, 0.15) is 43.2 Å². The molecule has 0 spiro atoms. The molecule has 0 aromatic heterocycles. The van der Waals surface area contributed by atoms with Crippen LogP contribution in [0.15, 0.2) is 48.5 Å². The molecule has 2 aliphatic rings. The first-order chi connectivity index (χ1) is 16.9. The second kappa shape index (κ2) is 11.4. The number of nitrogens with one attached hydrogen (secondary N) is 2. The quantitative estimate of drug-likeness (QED) is 0.506. The van der Waals surface area contributed by atoms with Crippen molar-refractivity contribution < 1.29 is 29.0 Å². The highest BCUT2D eigenvalue weighted by Gasteiger charge is 2.31. The number of hydrogen-bond acceptors (Lipinski definition) is 5. The van der Waals surface area contributed by atoms with Crippen molar-refractivity contribution in [3.8, 4) is 11.1 Å². The van der Waals surface area contributed by atoms with E-state index in [4.69, 9.17) is 14.6 Å². The molecular weight excluding hydrogens is 448 g/mol. The van der Waals surface area contributed by atoms with Crippen LogP contribution in [0.25, 0.3) is 11.1 Å². The summed E-state index contributed by atoms with van der Waals surface area (Å²) in [5, 5.41) is 14.8. The molecule has 0 bridgehead atoms. The van der Waals surface area contributed by atoms with Crippen LogP contribution < -0.4 is 10.6 Å². The van der Waals surface area contributed by atoms with Crippen molar-refractivity contribution in [3.05, 3.63) is 59.7 Å². The smallest absolute Gasteiger partial charge is 0.407 e. The van der Waals surface area contributed by atoms with Gasteiger partial charge >= 0.3 is 12.1 Å². The summed E-state index contributed by atoms with van der Waals surface area (Å²) < 4.78 is 10.9. The Balaban J connectivity index is 1.22. The highest BCUT2D eigenvalue weighted by Crippen LogP contribution is 2.44. The summed E-state index contributed by atoms with van der Waals surface area (Å²) in [5.74, 6) is -1.63. The first-order valence-corrected chi connectivity index (χ1v) is 12.1. The Morgan fingerprint density at radius 2 is 1.74 bits per heavy atom. The predicted molar refractivity (Wildman–Crippen MR) is 130 cm³/mol. The molecule has 8 heteroatoms. The Morgan fingerprint density at radius 1 is 1.09 bits per heavy atom. The predicted octanol–water partition coefficient (Wildman–Crippen LogP) is 3.55. The van der Waals surface area contributed by atoms with Crippen molar-refractivity contribution in [1.82, 2.24) is 10.6 Å². The summed E-state index contributed by atoms with van der Waals surface area (Å²) in [7, 11) is 0. The highest BCUT2D eigenvalue weighted by atomic mass is 16.5. The number of benzene rings is 2. The fraction of sp³-hybridized carbons (Fsp3) is 0.444. The molecule has 3 unspecified atom stereocenters. The van der Waals surface area contributed by atoms with Gasteiger partial charge in [-0.05, 0) is 35.1 Å². The number of fused-ring (bicyclic) bond motifs is 3. The average Bonchev–Trinajstić information content (AvgIpc) is 3.17. The van der Waals surface area contributed by atoms with Crippen molar-refractivity contribution in [2.75, 3.05) is 26.4 Å². The van der Waals surface area contributed by atoms with Crippen LogP contribution in [0.5, 0.6) is 0 Å². The van der Waals surface area contributed by atoms with Gasteiger partial charge in [0, 0.05) is 36.9 Å². The van der Waals surface area contributed by atoms with Gasteiger partial charge in [-0.2, -0.15) is 0 Å². The number of hydrogen-bond donors (Lipinski definition) is 3. The van der Waals surface area contributed by atoms with Crippen LogP contribution >= 0.6 is 0 Å². The molecule has 3 atom stereocenters. The minimum absolute atomic E-state index is 0.00364. The zero-order valence-electron chi connectivity index (χ0n) is 19.9. The third-order valence-electron chi connectivity index (χ3n) is 6.88. The number of alkyl carbamates (subject to hydrolysis) is 1. The lowest BCUT2D eigenvalue weighted by atomic mass is 9.92. The molecule has 2 aromatic rings. The number of carboxylic acids is 1.